The van der Waals surface area contributed by atoms with Crippen LogP contribution in [0.4, 0.5) is 4.79 Å². The van der Waals surface area contributed by atoms with E-state index in [4.69, 9.17) is 14.2 Å². The molecule has 0 aliphatic carbocycles. The lowest BCUT2D eigenvalue weighted by Gasteiger charge is -2.10. The van der Waals surface area contributed by atoms with Crippen molar-refractivity contribution >= 4 is 6.03 Å². The summed E-state index contributed by atoms with van der Waals surface area (Å²) in [6, 6.07) is -0.0231. The summed E-state index contributed by atoms with van der Waals surface area (Å²) >= 11 is 0. The summed E-state index contributed by atoms with van der Waals surface area (Å²) in [5, 5.41) is 5.41. The van der Waals surface area contributed by atoms with E-state index in [0.29, 0.717) is 39.6 Å². The monoisotopic (exact) mass is 248 g/mol. The second-order valence-electron chi connectivity index (χ2n) is 3.77. The average Bonchev–Trinajstić information content (AvgIpc) is 2.26. The van der Waals surface area contributed by atoms with Gasteiger partial charge in [0.1, 0.15) is 0 Å². The molecule has 0 aliphatic rings. The lowest BCUT2D eigenvalue weighted by atomic mass is 10.4. The predicted molar refractivity (Wildman–Crippen MR) is 65.2 cm³/mol. The Hall–Kier alpha value is -0.850. The van der Waals surface area contributed by atoms with Gasteiger partial charge in [0.25, 0.3) is 0 Å². The van der Waals surface area contributed by atoms with Crippen molar-refractivity contribution in [2.75, 3.05) is 46.7 Å². The van der Waals surface area contributed by atoms with Crippen LogP contribution in [0.15, 0.2) is 0 Å². The fourth-order valence-electron chi connectivity index (χ4n) is 1.01. The van der Waals surface area contributed by atoms with Gasteiger partial charge in [-0.05, 0) is 13.8 Å². The third-order valence-electron chi connectivity index (χ3n) is 1.76. The summed E-state index contributed by atoms with van der Waals surface area (Å²) in [6.07, 6.45) is 0. The third kappa shape index (κ3) is 13.1. The molecule has 0 aromatic carbocycles. The van der Waals surface area contributed by atoms with E-state index >= 15 is 0 Å². The molecule has 6 nitrogen and oxygen atoms in total. The van der Waals surface area contributed by atoms with Crippen LogP contribution in [0, 0.1) is 0 Å². The van der Waals surface area contributed by atoms with Crippen LogP contribution in [0.25, 0.3) is 0 Å². The molecular weight excluding hydrogens is 224 g/mol. The minimum absolute atomic E-state index is 0.144. The van der Waals surface area contributed by atoms with Crippen LogP contribution < -0.4 is 10.6 Å². The van der Waals surface area contributed by atoms with Gasteiger partial charge in [-0.25, -0.2) is 4.79 Å². The Morgan fingerprint density at radius 3 is 2.24 bits per heavy atom. The van der Waals surface area contributed by atoms with Crippen molar-refractivity contribution < 1.29 is 19.0 Å². The van der Waals surface area contributed by atoms with Gasteiger partial charge in [-0.1, -0.05) is 0 Å². The van der Waals surface area contributed by atoms with Crippen LogP contribution in [0.3, 0.4) is 0 Å². The Morgan fingerprint density at radius 1 is 1.06 bits per heavy atom. The van der Waals surface area contributed by atoms with E-state index in [1.165, 1.54) is 0 Å². The van der Waals surface area contributed by atoms with Gasteiger partial charge in [0.15, 0.2) is 0 Å². The summed E-state index contributed by atoms with van der Waals surface area (Å²) in [5.41, 5.74) is 0. The minimum atomic E-state index is -0.167. The summed E-state index contributed by atoms with van der Waals surface area (Å²) in [4.78, 5) is 11.1. The fourth-order valence-corrected chi connectivity index (χ4v) is 1.01. The molecule has 0 rings (SSSR count). The molecule has 0 saturated heterocycles. The van der Waals surface area contributed by atoms with Crippen molar-refractivity contribution in [1.29, 1.82) is 0 Å². The number of ether oxygens (including phenoxy) is 3. The maximum atomic E-state index is 11.1. The van der Waals surface area contributed by atoms with Crippen LogP contribution in [-0.4, -0.2) is 58.8 Å². The van der Waals surface area contributed by atoms with E-state index in [1.807, 2.05) is 13.8 Å². The number of hydrogen-bond acceptors (Lipinski definition) is 4. The highest BCUT2D eigenvalue weighted by atomic mass is 16.5. The van der Waals surface area contributed by atoms with E-state index in [9.17, 15) is 4.79 Å². The molecule has 0 bridgehead atoms. The first kappa shape index (κ1) is 16.1. The number of rotatable bonds is 10. The van der Waals surface area contributed by atoms with Crippen LogP contribution >= 0.6 is 0 Å². The van der Waals surface area contributed by atoms with Crippen molar-refractivity contribution in [3.8, 4) is 0 Å². The molecule has 0 aliphatic heterocycles. The zero-order valence-electron chi connectivity index (χ0n) is 11.0. The van der Waals surface area contributed by atoms with Gasteiger partial charge in [0, 0.05) is 19.7 Å². The topological polar surface area (TPSA) is 68.8 Å². The molecule has 0 aromatic heterocycles. The average molecular weight is 248 g/mol. The quantitative estimate of drug-likeness (QED) is 0.548. The van der Waals surface area contributed by atoms with Gasteiger partial charge < -0.3 is 24.8 Å². The Bertz CT molecular complexity index is 188. The van der Waals surface area contributed by atoms with E-state index in [2.05, 4.69) is 10.6 Å². The number of nitrogens with one attached hydrogen (secondary N) is 2. The molecule has 0 saturated carbocycles. The molecule has 0 atom stereocenters. The summed E-state index contributed by atoms with van der Waals surface area (Å²) < 4.78 is 15.3. The molecular formula is C11H24N2O4. The number of carbonyl (C=O) groups is 1. The number of urea groups is 1. The fraction of sp³-hybridized carbons (Fsp3) is 0.909. The molecule has 6 heteroatoms. The summed E-state index contributed by atoms with van der Waals surface area (Å²) in [7, 11) is 1.63. The van der Waals surface area contributed by atoms with Crippen molar-refractivity contribution in [2.24, 2.45) is 0 Å². The number of methoxy groups -OCH3 is 1. The molecule has 0 unspecified atom stereocenters. The first-order chi connectivity index (χ1) is 8.16. The molecule has 17 heavy (non-hydrogen) atoms. The largest absolute Gasteiger partial charge is 0.382 e. The van der Waals surface area contributed by atoms with E-state index in [1.54, 1.807) is 7.11 Å². The zero-order chi connectivity index (χ0) is 12.9. The van der Waals surface area contributed by atoms with Gasteiger partial charge in [-0.3, -0.25) is 0 Å². The highest BCUT2D eigenvalue weighted by Crippen LogP contribution is 1.80. The lowest BCUT2D eigenvalue weighted by molar-refractivity contribution is 0.0259. The van der Waals surface area contributed by atoms with Gasteiger partial charge in [0.05, 0.1) is 33.0 Å². The Balaban J connectivity index is 3.10. The first-order valence-corrected chi connectivity index (χ1v) is 5.85. The normalized spacial score (nSPS) is 10.6. The van der Waals surface area contributed by atoms with Gasteiger partial charge in [0.2, 0.25) is 0 Å². The van der Waals surface area contributed by atoms with Crippen LogP contribution in [0.1, 0.15) is 13.8 Å². The van der Waals surface area contributed by atoms with E-state index in [-0.39, 0.29) is 12.1 Å². The van der Waals surface area contributed by atoms with E-state index in [0.717, 1.165) is 0 Å². The smallest absolute Gasteiger partial charge is 0.315 e. The zero-order valence-corrected chi connectivity index (χ0v) is 11.0. The molecule has 2 amide bonds. The SMILES string of the molecule is COCCOCCOCCNC(=O)NC(C)C. The maximum absolute atomic E-state index is 11.1. The highest BCUT2D eigenvalue weighted by molar-refractivity contribution is 5.73. The lowest BCUT2D eigenvalue weighted by Crippen LogP contribution is -2.40. The molecule has 0 fully saturated rings. The summed E-state index contributed by atoms with van der Waals surface area (Å²) in [5.74, 6) is 0. The number of carbonyl (C=O) groups excluding carboxylic acids is 1. The molecule has 0 spiro atoms. The van der Waals surface area contributed by atoms with Crippen molar-refractivity contribution in [1.82, 2.24) is 10.6 Å². The van der Waals surface area contributed by atoms with Crippen LogP contribution in [0.5, 0.6) is 0 Å². The molecule has 0 radical (unpaired) electrons. The Kier molecular flexibility index (Phi) is 11.0. The highest BCUT2D eigenvalue weighted by Gasteiger charge is 2.00. The van der Waals surface area contributed by atoms with Gasteiger partial charge in [-0.2, -0.15) is 0 Å². The second-order valence-corrected chi connectivity index (χ2v) is 3.77. The standard InChI is InChI=1S/C11H24N2O4/c1-10(2)13-11(14)12-4-5-16-8-9-17-7-6-15-3/h10H,4-9H2,1-3H3,(H2,12,13,14). The Labute approximate surface area is 103 Å². The number of amides is 2. The molecule has 0 aromatic rings. The van der Waals surface area contributed by atoms with Crippen molar-refractivity contribution in [3.05, 3.63) is 0 Å². The van der Waals surface area contributed by atoms with E-state index < -0.39 is 0 Å². The molecule has 0 heterocycles. The third-order valence-corrected chi connectivity index (χ3v) is 1.76. The Morgan fingerprint density at radius 2 is 1.65 bits per heavy atom. The van der Waals surface area contributed by atoms with Crippen LogP contribution in [0.2, 0.25) is 0 Å². The van der Waals surface area contributed by atoms with Crippen molar-refractivity contribution in [3.63, 3.8) is 0 Å². The molecule has 102 valence electrons. The van der Waals surface area contributed by atoms with Crippen molar-refractivity contribution in [2.45, 2.75) is 19.9 Å². The van der Waals surface area contributed by atoms with Crippen LogP contribution in [-0.2, 0) is 14.2 Å². The van der Waals surface area contributed by atoms with Gasteiger partial charge >= 0.3 is 6.03 Å². The minimum Gasteiger partial charge on any atom is -0.382 e. The second kappa shape index (κ2) is 11.6. The number of hydrogen-bond donors (Lipinski definition) is 2. The maximum Gasteiger partial charge on any atom is 0.315 e. The predicted octanol–water partition coefficient (Wildman–Crippen LogP) is 0.374. The van der Waals surface area contributed by atoms with Gasteiger partial charge in [-0.15, -0.1) is 0 Å². The first-order valence-electron chi connectivity index (χ1n) is 5.85. The summed E-state index contributed by atoms with van der Waals surface area (Å²) in [6.45, 7) is 7.04. The molecule has 2 N–H and O–H groups in total.